The van der Waals surface area contributed by atoms with Crippen LogP contribution in [0.1, 0.15) is 0 Å². The van der Waals surface area contributed by atoms with Crippen LogP contribution in [0, 0.1) is 0 Å². The SMILES string of the molecule is c1ccc(-c2nnc(-c3ccc(N(c4ccc(N(c5ccccc5)c5ccccc5)cc4)c4cccc5ccccc45)cc3)o2)cc1. The Kier molecular flexibility index (Phi) is 7.46. The third-order valence-corrected chi connectivity index (χ3v) is 8.22. The van der Waals surface area contributed by atoms with E-state index in [1.807, 2.05) is 54.6 Å². The summed E-state index contributed by atoms with van der Waals surface area (Å²) in [5.41, 5.74) is 8.19. The van der Waals surface area contributed by atoms with Gasteiger partial charge in [0.1, 0.15) is 0 Å². The molecule has 8 aromatic rings. The smallest absolute Gasteiger partial charge is 0.248 e. The standard InChI is InChI=1S/C42H30N4O/c1-4-14-32(15-5-1)41-43-44-42(47-41)33-23-25-37(26-24-33)46(40-22-12-16-31-13-10-11-21-39(31)40)38-29-27-36(28-30-38)45(34-17-6-2-7-18-34)35-19-8-3-9-20-35/h1-30H. The van der Waals surface area contributed by atoms with Crippen molar-refractivity contribution in [2.24, 2.45) is 0 Å². The van der Waals surface area contributed by atoms with E-state index in [0.717, 1.165) is 45.3 Å². The van der Waals surface area contributed by atoms with Gasteiger partial charge in [0.15, 0.2) is 0 Å². The fourth-order valence-electron chi connectivity index (χ4n) is 5.97. The molecular weight excluding hydrogens is 576 g/mol. The van der Waals surface area contributed by atoms with Gasteiger partial charge in [-0.25, -0.2) is 0 Å². The first-order valence-electron chi connectivity index (χ1n) is 15.6. The van der Waals surface area contributed by atoms with Crippen LogP contribution in [0.4, 0.5) is 34.1 Å². The average Bonchev–Trinajstić information content (AvgIpc) is 3.65. The van der Waals surface area contributed by atoms with Crippen molar-refractivity contribution < 1.29 is 4.42 Å². The number of aromatic nitrogens is 2. The number of para-hydroxylation sites is 2. The molecule has 0 bridgehead atoms. The summed E-state index contributed by atoms with van der Waals surface area (Å²) in [7, 11) is 0. The van der Waals surface area contributed by atoms with Crippen molar-refractivity contribution in [3.8, 4) is 22.9 Å². The lowest BCUT2D eigenvalue weighted by Gasteiger charge is -2.29. The molecule has 0 aliphatic rings. The molecule has 5 nitrogen and oxygen atoms in total. The minimum atomic E-state index is 0.485. The molecule has 0 N–H and O–H groups in total. The molecule has 0 aliphatic heterocycles. The van der Waals surface area contributed by atoms with Crippen LogP contribution in [-0.4, -0.2) is 10.2 Å². The van der Waals surface area contributed by atoms with Crippen LogP contribution in [0.25, 0.3) is 33.7 Å². The van der Waals surface area contributed by atoms with E-state index >= 15 is 0 Å². The molecule has 0 saturated carbocycles. The Balaban J connectivity index is 1.19. The lowest BCUT2D eigenvalue weighted by atomic mass is 10.1. The summed E-state index contributed by atoms with van der Waals surface area (Å²) in [6.45, 7) is 0. The summed E-state index contributed by atoms with van der Waals surface area (Å²) >= 11 is 0. The Morgan fingerprint density at radius 2 is 0.766 bits per heavy atom. The van der Waals surface area contributed by atoms with Crippen molar-refractivity contribution in [1.29, 1.82) is 0 Å². The Bertz CT molecular complexity index is 2190. The maximum absolute atomic E-state index is 6.05. The highest BCUT2D eigenvalue weighted by atomic mass is 16.4. The van der Waals surface area contributed by atoms with E-state index in [1.165, 1.54) is 10.8 Å². The predicted octanol–water partition coefficient (Wildman–Crippen LogP) is 11.5. The molecule has 0 saturated heterocycles. The Morgan fingerprint density at radius 3 is 1.36 bits per heavy atom. The van der Waals surface area contributed by atoms with Gasteiger partial charge in [0, 0.05) is 45.0 Å². The van der Waals surface area contributed by atoms with Gasteiger partial charge >= 0.3 is 0 Å². The zero-order valence-corrected chi connectivity index (χ0v) is 25.5. The molecule has 0 amide bonds. The topological polar surface area (TPSA) is 45.4 Å². The molecule has 0 spiro atoms. The van der Waals surface area contributed by atoms with Gasteiger partial charge in [-0.1, -0.05) is 91.0 Å². The minimum absolute atomic E-state index is 0.485. The number of fused-ring (bicyclic) bond motifs is 1. The van der Waals surface area contributed by atoms with Crippen molar-refractivity contribution in [3.05, 3.63) is 182 Å². The zero-order chi connectivity index (χ0) is 31.4. The highest BCUT2D eigenvalue weighted by Crippen LogP contribution is 2.41. The number of anilines is 6. The highest BCUT2D eigenvalue weighted by Gasteiger charge is 2.18. The Morgan fingerprint density at radius 1 is 0.340 bits per heavy atom. The number of hydrogen-bond donors (Lipinski definition) is 0. The zero-order valence-electron chi connectivity index (χ0n) is 25.5. The van der Waals surface area contributed by atoms with Gasteiger partial charge < -0.3 is 14.2 Å². The summed E-state index contributed by atoms with van der Waals surface area (Å²) in [5.74, 6) is 0.987. The van der Waals surface area contributed by atoms with Gasteiger partial charge in [0.2, 0.25) is 11.8 Å². The first-order valence-corrected chi connectivity index (χ1v) is 15.6. The molecule has 47 heavy (non-hydrogen) atoms. The molecule has 7 aromatic carbocycles. The monoisotopic (exact) mass is 606 g/mol. The Hall–Kier alpha value is -6.46. The van der Waals surface area contributed by atoms with Gasteiger partial charge in [-0.2, -0.15) is 0 Å². The molecule has 0 atom stereocenters. The quantitative estimate of drug-likeness (QED) is 0.172. The average molecular weight is 607 g/mol. The van der Waals surface area contributed by atoms with E-state index in [2.05, 4.69) is 147 Å². The highest BCUT2D eigenvalue weighted by molar-refractivity contribution is 5.99. The fourth-order valence-corrected chi connectivity index (χ4v) is 5.97. The molecule has 0 fully saturated rings. The minimum Gasteiger partial charge on any atom is -0.416 e. The van der Waals surface area contributed by atoms with Crippen LogP contribution in [0.15, 0.2) is 186 Å². The van der Waals surface area contributed by atoms with Crippen molar-refractivity contribution in [3.63, 3.8) is 0 Å². The number of nitrogens with zero attached hydrogens (tertiary/aromatic N) is 4. The van der Waals surface area contributed by atoms with E-state index in [0.29, 0.717) is 11.8 Å². The van der Waals surface area contributed by atoms with Gasteiger partial charge in [0.25, 0.3) is 0 Å². The third kappa shape index (κ3) is 5.62. The number of benzene rings is 7. The summed E-state index contributed by atoms with van der Waals surface area (Å²) in [6, 6.07) is 62.7. The first-order chi connectivity index (χ1) is 23.3. The largest absolute Gasteiger partial charge is 0.416 e. The molecule has 0 aliphatic carbocycles. The van der Waals surface area contributed by atoms with Gasteiger partial charge in [-0.05, 0) is 96.4 Å². The Labute approximate surface area is 273 Å². The molecule has 0 radical (unpaired) electrons. The number of rotatable bonds is 8. The molecule has 1 heterocycles. The van der Waals surface area contributed by atoms with E-state index in [1.54, 1.807) is 0 Å². The molecule has 224 valence electrons. The van der Waals surface area contributed by atoms with Crippen molar-refractivity contribution in [2.75, 3.05) is 9.80 Å². The summed E-state index contributed by atoms with van der Waals surface area (Å²) < 4.78 is 6.05. The molecule has 1 aromatic heterocycles. The maximum Gasteiger partial charge on any atom is 0.248 e. The fraction of sp³-hybridized carbons (Fsp3) is 0. The van der Waals surface area contributed by atoms with Crippen LogP contribution in [0.5, 0.6) is 0 Å². The predicted molar refractivity (Wildman–Crippen MR) is 192 cm³/mol. The number of hydrogen-bond acceptors (Lipinski definition) is 5. The first kappa shape index (κ1) is 28.0. The van der Waals surface area contributed by atoms with Crippen LogP contribution in [0.3, 0.4) is 0 Å². The van der Waals surface area contributed by atoms with Crippen LogP contribution in [-0.2, 0) is 0 Å². The van der Waals surface area contributed by atoms with Crippen LogP contribution in [0.2, 0.25) is 0 Å². The van der Waals surface area contributed by atoms with Crippen LogP contribution < -0.4 is 9.80 Å². The lowest BCUT2D eigenvalue weighted by molar-refractivity contribution is 0.584. The van der Waals surface area contributed by atoms with E-state index in [9.17, 15) is 0 Å². The second kappa shape index (κ2) is 12.5. The van der Waals surface area contributed by atoms with E-state index < -0.39 is 0 Å². The molecular formula is C42H30N4O. The maximum atomic E-state index is 6.05. The normalized spacial score (nSPS) is 11.0. The second-order valence-corrected chi connectivity index (χ2v) is 11.2. The van der Waals surface area contributed by atoms with Gasteiger partial charge in [-0.3, -0.25) is 0 Å². The second-order valence-electron chi connectivity index (χ2n) is 11.2. The van der Waals surface area contributed by atoms with Crippen molar-refractivity contribution in [1.82, 2.24) is 10.2 Å². The summed E-state index contributed by atoms with van der Waals surface area (Å²) in [5, 5.41) is 11.0. The molecule has 8 rings (SSSR count). The third-order valence-electron chi connectivity index (χ3n) is 8.22. The van der Waals surface area contributed by atoms with Crippen LogP contribution >= 0.6 is 0 Å². The van der Waals surface area contributed by atoms with Crippen molar-refractivity contribution >= 4 is 44.9 Å². The van der Waals surface area contributed by atoms with Gasteiger partial charge in [-0.15, -0.1) is 10.2 Å². The van der Waals surface area contributed by atoms with Crippen molar-refractivity contribution in [2.45, 2.75) is 0 Å². The summed E-state index contributed by atoms with van der Waals surface area (Å²) in [6.07, 6.45) is 0. The molecule has 0 unspecified atom stereocenters. The van der Waals surface area contributed by atoms with E-state index in [-0.39, 0.29) is 0 Å². The summed E-state index contributed by atoms with van der Waals surface area (Å²) in [4.78, 5) is 4.57. The molecule has 5 heteroatoms. The lowest BCUT2D eigenvalue weighted by Crippen LogP contribution is -2.12. The van der Waals surface area contributed by atoms with E-state index in [4.69, 9.17) is 4.42 Å². The van der Waals surface area contributed by atoms with Gasteiger partial charge in [0.05, 0.1) is 5.69 Å².